The van der Waals surface area contributed by atoms with Crippen molar-refractivity contribution in [1.29, 1.82) is 0 Å². The van der Waals surface area contributed by atoms with Gasteiger partial charge in [-0.3, -0.25) is 14.4 Å². The van der Waals surface area contributed by atoms with Crippen molar-refractivity contribution >= 4 is 17.5 Å². The van der Waals surface area contributed by atoms with Crippen molar-refractivity contribution in [1.82, 2.24) is 0 Å². The molecule has 3 N–H and O–H groups in total. The van der Waals surface area contributed by atoms with E-state index in [1.807, 2.05) is 0 Å². The molecule has 146 valence electrons. The number of aliphatic carboxylic acids is 1. The average Bonchev–Trinajstić information content (AvgIpc) is 2.66. The molecule has 0 bridgehead atoms. The monoisotopic (exact) mass is 386 g/mol. The van der Waals surface area contributed by atoms with Gasteiger partial charge in [0.05, 0.1) is 25.3 Å². The van der Waals surface area contributed by atoms with Gasteiger partial charge in [-0.2, -0.15) is 0 Å². The molecule has 0 unspecified atom stereocenters. The maximum Gasteiger partial charge on any atom is 0.303 e. The van der Waals surface area contributed by atoms with Gasteiger partial charge in [-0.05, 0) is 25.0 Å². The fourth-order valence-electron chi connectivity index (χ4n) is 3.32. The van der Waals surface area contributed by atoms with E-state index in [4.69, 9.17) is 14.6 Å². The summed E-state index contributed by atoms with van der Waals surface area (Å²) in [6.45, 7) is 0. The van der Waals surface area contributed by atoms with E-state index in [1.54, 1.807) is 0 Å². The number of hydrogen-bond acceptors (Lipinski definition) is 7. The number of carbonyl (C=O) groups excluding carboxylic acids is 2. The van der Waals surface area contributed by atoms with Crippen molar-refractivity contribution in [3.8, 4) is 23.0 Å². The van der Waals surface area contributed by atoms with Gasteiger partial charge >= 0.3 is 5.97 Å². The Kier molecular flexibility index (Phi) is 4.96. The first-order valence-electron chi connectivity index (χ1n) is 8.45. The van der Waals surface area contributed by atoms with E-state index < -0.39 is 23.3 Å². The molecule has 2 aromatic carbocycles. The Hall–Kier alpha value is -3.55. The lowest BCUT2D eigenvalue weighted by Gasteiger charge is -2.23. The number of rotatable bonds is 6. The quantitative estimate of drug-likeness (QED) is 0.588. The van der Waals surface area contributed by atoms with Crippen LogP contribution in [-0.4, -0.2) is 47.1 Å². The number of carboxylic acids is 1. The second kappa shape index (κ2) is 7.22. The van der Waals surface area contributed by atoms with Crippen LogP contribution in [0, 0.1) is 0 Å². The van der Waals surface area contributed by atoms with Gasteiger partial charge < -0.3 is 24.8 Å². The number of aromatic hydroxyl groups is 2. The van der Waals surface area contributed by atoms with E-state index in [0.717, 1.165) is 6.07 Å². The van der Waals surface area contributed by atoms with Gasteiger partial charge in [0.1, 0.15) is 23.0 Å². The van der Waals surface area contributed by atoms with Crippen molar-refractivity contribution < 1.29 is 39.2 Å². The van der Waals surface area contributed by atoms with Crippen molar-refractivity contribution in [3.63, 3.8) is 0 Å². The SMILES string of the molecule is COc1cc(OC)c2c(c1)C(=O)c1cc(O)c(CCCC(=O)O)c(O)c1C2=O. The van der Waals surface area contributed by atoms with Crippen LogP contribution in [0.3, 0.4) is 0 Å². The summed E-state index contributed by atoms with van der Waals surface area (Å²) in [5.41, 5.74) is -0.296. The second-order valence-corrected chi connectivity index (χ2v) is 6.30. The minimum absolute atomic E-state index is 0.00160. The number of phenolic OH excluding ortho intramolecular Hbond substituents is 2. The fourth-order valence-corrected chi connectivity index (χ4v) is 3.32. The summed E-state index contributed by atoms with van der Waals surface area (Å²) in [6.07, 6.45) is 0.0130. The third kappa shape index (κ3) is 3.02. The molecule has 0 fully saturated rings. The number of carbonyl (C=O) groups is 3. The van der Waals surface area contributed by atoms with E-state index in [9.17, 15) is 24.6 Å². The van der Waals surface area contributed by atoms with Crippen molar-refractivity contribution in [2.75, 3.05) is 14.2 Å². The molecule has 2 aromatic rings. The summed E-state index contributed by atoms with van der Waals surface area (Å²) in [5.74, 6) is -2.66. The van der Waals surface area contributed by atoms with Crippen LogP contribution in [0.1, 0.15) is 50.2 Å². The first kappa shape index (κ1) is 19.2. The molecule has 0 amide bonds. The molecular weight excluding hydrogens is 368 g/mol. The summed E-state index contributed by atoms with van der Waals surface area (Å²) in [4.78, 5) is 36.7. The van der Waals surface area contributed by atoms with Crippen molar-refractivity contribution in [2.24, 2.45) is 0 Å². The highest BCUT2D eigenvalue weighted by molar-refractivity contribution is 6.30. The van der Waals surface area contributed by atoms with Gasteiger partial charge in [0, 0.05) is 29.2 Å². The molecule has 1 aliphatic carbocycles. The van der Waals surface area contributed by atoms with Gasteiger partial charge in [0.2, 0.25) is 5.78 Å². The lowest BCUT2D eigenvalue weighted by atomic mass is 9.81. The number of fused-ring (bicyclic) bond motifs is 2. The molecule has 0 saturated heterocycles. The minimum Gasteiger partial charge on any atom is -0.508 e. The fraction of sp³-hybridized carbons (Fsp3) is 0.250. The second-order valence-electron chi connectivity index (χ2n) is 6.30. The molecule has 0 aromatic heterocycles. The van der Waals surface area contributed by atoms with E-state index in [-0.39, 0.29) is 58.6 Å². The maximum absolute atomic E-state index is 13.1. The molecule has 0 atom stereocenters. The molecule has 28 heavy (non-hydrogen) atoms. The van der Waals surface area contributed by atoms with Gasteiger partial charge in [-0.25, -0.2) is 0 Å². The molecule has 0 spiro atoms. The maximum atomic E-state index is 13.1. The number of ketones is 2. The van der Waals surface area contributed by atoms with Gasteiger partial charge in [0.15, 0.2) is 5.78 Å². The largest absolute Gasteiger partial charge is 0.508 e. The van der Waals surface area contributed by atoms with Crippen LogP contribution in [0.25, 0.3) is 0 Å². The predicted octanol–water partition coefficient (Wildman–Crippen LogP) is 2.30. The first-order chi connectivity index (χ1) is 13.3. The third-order valence-electron chi connectivity index (χ3n) is 4.67. The summed E-state index contributed by atoms with van der Waals surface area (Å²) in [5, 5.41) is 29.6. The zero-order chi connectivity index (χ0) is 20.6. The summed E-state index contributed by atoms with van der Waals surface area (Å²) < 4.78 is 10.4. The Morgan fingerprint density at radius 2 is 1.64 bits per heavy atom. The smallest absolute Gasteiger partial charge is 0.303 e. The topological polar surface area (TPSA) is 130 Å². The number of phenols is 2. The molecule has 0 radical (unpaired) electrons. The van der Waals surface area contributed by atoms with Crippen LogP contribution in [-0.2, 0) is 11.2 Å². The van der Waals surface area contributed by atoms with E-state index >= 15 is 0 Å². The van der Waals surface area contributed by atoms with Crippen LogP contribution in [0.5, 0.6) is 23.0 Å². The molecule has 1 aliphatic rings. The molecule has 8 heteroatoms. The summed E-state index contributed by atoms with van der Waals surface area (Å²) >= 11 is 0. The van der Waals surface area contributed by atoms with Crippen LogP contribution in [0.4, 0.5) is 0 Å². The highest BCUT2D eigenvalue weighted by Crippen LogP contribution is 2.43. The Morgan fingerprint density at radius 3 is 2.25 bits per heavy atom. The highest BCUT2D eigenvalue weighted by Gasteiger charge is 2.37. The minimum atomic E-state index is -1.02. The Labute approximate surface area is 159 Å². The molecule has 3 rings (SSSR count). The summed E-state index contributed by atoms with van der Waals surface area (Å²) in [6, 6.07) is 3.98. The standard InChI is InChI=1S/C20H18O8/c1-27-9-6-11-16(14(7-9)28-2)20(26)17-12(18(11)24)8-13(21)10(19(17)25)4-3-5-15(22)23/h6-8,21,25H,3-5H2,1-2H3,(H,22,23). The lowest BCUT2D eigenvalue weighted by Crippen LogP contribution is -2.22. The van der Waals surface area contributed by atoms with Crippen molar-refractivity contribution in [2.45, 2.75) is 19.3 Å². The first-order valence-corrected chi connectivity index (χ1v) is 8.45. The zero-order valence-electron chi connectivity index (χ0n) is 15.2. The zero-order valence-corrected chi connectivity index (χ0v) is 15.2. The average molecular weight is 386 g/mol. The van der Waals surface area contributed by atoms with Gasteiger partial charge in [0.25, 0.3) is 0 Å². The van der Waals surface area contributed by atoms with E-state index in [1.165, 1.54) is 26.4 Å². The number of hydrogen-bond donors (Lipinski definition) is 3. The van der Waals surface area contributed by atoms with Crippen LogP contribution in [0.15, 0.2) is 18.2 Å². The van der Waals surface area contributed by atoms with Crippen LogP contribution < -0.4 is 9.47 Å². The van der Waals surface area contributed by atoms with Crippen molar-refractivity contribution in [3.05, 3.63) is 46.0 Å². The molecule has 8 nitrogen and oxygen atoms in total. The molecule has 0 aliphatic heterocycles. The molecule has 0 saturated carbocycles. The number of methoxy groups -OCH3 is 2. The van der Waals surface area contributed by atoms with Crippen LogP contribution >= 0.6 is 0 Å². The van der Waals surface area contributed by atoms with Crippen LogP contribution in [0.2, 0.25) is 0 Å². The lowest BCUT2D eigenvalue weighted by molar-refractivity contribution is -0.137. The van der Waals surface area contributed by atoms with E-state index in [0.29, 0.717) is 5.75 Å². The third-order valence-corrected chi connectivity index (χ3v) is 4.67. The van der Waals surface area contributed by atoms with Gasteiger partial charge in [-0.15, -0.1) is 0 Å². The number of benzene rings is 2. The number of ether oxygens (including phenoxy) is 2. The number of carboxylic acid groups (broad SMARTS) is 1. The molecular formula is C20H18O8. The van der Waals surface area contributed by atoms with Gasteiger partial charge in [-0.1, -0.05) is 0 Å². The predicted molar refractivity (Wildman–Crippen MR) is 96.8 cm³/mol. The highest BCUT2D eigenvalue weighted by atomic mass is 16.5. The molecule has 0 heterocycles. The Balaban J connectivity index is 2.16. The van der Waals surface area contributed by atoms with E-state index in [2.05, 4.69) is 0 Å². The Bertz CT molecular complexity index is 1010. The normalized spacial score (nSPS) is 12.4. The Morgan fingerprint density at radius 1 is 0.964 bits per heavy atom. The summed E-state index contributed by atoms with van der Waals surface area (Å²) in [7, 11) is 2.75.